The van der Waals surface area contributed by atoms with Crippen LogP contribution in [0.15, 0.2) is 75.0 Å². The quantitative estimate of drug-likeness (QED) is 0.657. The lowest BCUT2D eigenvalue weighted by Gasteiger charge is -2.12. The lowest BCUT2D eigenvalue weighted by molar-refractivity contribution is -0.123. The number of hydrogen-bond donors (Lipinski definition) is 0. The van der Waals surface area contributed by atoms with E-state index in [0.29, 0.717) is 11.0 Å². The average molecular weight is 363 g/mol. The number of hydrogen-bond acceptors (Lipinski definition) is 5. The number of thioether (sulfide) groups is 1. The molecule has 128 valence electrons. The van der Waals surface area contributed by atoms with Gasteiger partial charge >= 0.3 is 0 Å². The standard InChI is InChI=1S/C20H13NO4S/c22-18-14(12-25-16-9-5-4-8-15(16)18)10-17-19(23)21(20(24)26-17)11-13-6-2-1-3-7-13/h1-10,12H,11H2/b17-10-. The third kappa shape index (κ3) is 2.95. The van der Waals surface area contributed by atoms with Crippen LogP contribution >= 0.6 is 11.8 Å². The Morgan fingerprint density at radius 1 is 0.962 bits per heavy atom. The van der Waals surface area contributed by atoms with Crippen LogP contribution in [0.3, 0.4) is 0 Å². The van der Waals surface area contributed by atoms with E-state index in [9.17, 15) is 14.4 Å². The largest absolute Gasteiger partial charge is 0.463 e. The number of fused-ring (bicyclic) bond motifs is 1. The summed E-state index contributed by atoms with van der Waals surface area (Å²) in [6.07, 6.45) is 2.74. The molecule has 2 heterocycles. The number of carbonyl (C=O) groups is 2. The Kier molecular flexibility index (Phi) is 4.18. The van der Waals surface area contributed by atoms with Gasteiger partial charge in [-0.25, -0.2) is 0 Å². The van der Waals surface area contributed by atoms with E-state index in [1.165, 1.54) is 17.2 Å². The molecule has 1 saturated heterocycles. The first kappa shape index (κ1) is 16.4. The molecule has 4 rings (SSSR count). The van der Waals surface area contributed by atoms with Crippen molar-refractivity contribution in [1.82, 2.24) is 4.90 Å². The minimum Gasteiger partial charge on any atom is -0.463 e. The molecule has 6 heteroatoms. The van der Waals surface area contributed by atoms with Crippen LogP contribution in [-0.2, 0) is 11.3 Å². The third-order valence-corrected chi connectivity index (χ3v) is 4.96. The first-order chi connectivity index (χ1) is 12.6. The van der Waals surface area contributed by atoms with E-state index in [1.807, 2.05) is 30.3 Å². The summed E-state index contributed by atoms with van der Waals surface area (Å²) in [6, 6.07) is 16.2. The summed E-state index contributed by atoms with van der Waals surface area (Å²) < 4.78 is 5.45. The van der Waals surface area contributed by atoms with E-state index in [4.69, 9.17) is 4.42 Å². The fourth-order valence-corrected chi connectivity index (χ4v) is 3.57. The third-order valence-electron chi connectivity index (χ3n) is 4.05. The molecule has 0 aliphatic carbocycles. The summed E-state index contributed by atoms with van der Waals surface area (Å²) in [7, 11) is 0. The van der Waals surface area contributed by atoms with Crippen molar-refractivity contribution < 1.29 is 14.0 Å². The Hall–Kier alpha value is -3.12. The first-order valence-electron chi connectivity index (χ1n) is 7.93. The Labute approximate surface area is 152 Å². The van der Waals surface area contributed by atoms with Gasteiger partial charge in [0.1, 0.15) is 11.8 Å². The molecular weight excluding hydrogens is 350 g/mol. The number of rotatable bonds is 3. The second-order valence-corrected chi connectivity index (χ2v) is 6.76. The maximum atomic E-state index is 12.6. The van der Waals surface area contributed by atoms with E-state index in [0.717, 1.165) is 17.3 Å². The highest BCUT2D eigenvalue weighted by molar-refractivity contribution is 8.18. The zero-order valence-electron chi connectivity index (χ0n) is 13.5. The first-order valence-corrected chi connectivity index (χ1v) is 8.75. The minimum absolute atomic E-state index is 0.204. The molecule has 0 radical (unpaired) electrons. The molecule has 0 saturated carbocycles. The maximum absolute atomic E-state index is 12.6. The molecule has 1 aliphatic rings. The number of para-hydroxylation sites is 1. The van der Waals surface area contributed by atoms with E-state index in [-0.39, 0.29) is 27.7 Å². The van der Waals surface area contributed by atoms with Crippen molar-refractivity contribution in [3.8, 4) is 0 Å². The number of carbonyl (C=O) groups excluding carboxylic acids is 2. The van der Waals surface area contributed by atoms with Crippen molar-refractivity contribution in [2.75, 3.05) is 0 Å². The number of nitrogens with zero attached hydrogens (tertiary/aromatic N) is 1. The molecule has 1 aromatic heterocycles. The van der Waals surface area contributed by atoms with Crippen molar-refractivity contribution in [3.05, 3.63) is 87.1 Å². The minimum atomic E-state index is -0.406. The van der Waals surface area contributed by atoms with Crippen LogP contribution < -0.4 is 5.43 Å². The molecule has 0 atom stereocenters. The zero-order chi connectivity index (χ0) is 18.1. The highest BCUT2D eigenvalue weighted by Gasteiger charge is 2.35. The normalized spacial score (nSPS) is 16.0. The summed E-state index contributed by atoms with van der Waals surface area (Å²) in [5, 5.41) is 0.0834. The molecule has 5 nitrogen and oxygen atoms in total. The van der Waals surface area contributed by atoms with Crippen molar-refractivity contribution in [1.29, 1.82) is 0 Å². The number of imide groups is 1. The molecule has 2 aromatic carbocycles. The Morgan fingerprint density at radius 3 is 2.50 bits per heavy atom. The summed E-state index contributed by atoms with van der Waals surface area (Å²) in [4.78, 5) is 38.7. The smallest absolute Gasteiger partial charge is 0.293 e. The molecule has 1 fully saturated rings. The SMILES string of the molecule is O=C1S/C(=C\c2coc3ccccc3c2=O)C(=O)N1Cc1ccccc1. The van der Waals surface area contributed by atoms with Crippen LogP contribution in [0.25, 0.3) is 17.0 Å². The van der Waals surface area contributed by atoms with Gasteiger partial charge in [-0.05, 0) is 35.5 Å². The van der Waals surface area contributed by atoms with Crippen molar-refractivity contribution in [2.45, 2.75) is 6.54 Å². The summed E-state index contributed by atoms with van der Waals surface area (Å²) >= 11 is 0.828. The molecule has 0 spiro atoms. The van der Waals surface area contributed by atoms with Gasteiger partial charge in [-0.3, -0.25) is 19.3 Å². The van der Waals surface area contributed by atoms with Gasteiger partial charge in [0, 0.05) is 0 Å². The van der Waals surface area contributed by atoms with Crippen LogP contribution in [0, 0.1) is 0 Å². The predicted octanol–water partition coefficient (Wildman–Crippen LogP) is 4.03. The van der Waals surface area contributed by atoms with E-state index < -0.39 is 5.91 Å². The molecule has 1 aliphatic heterocycles. The predicted molar refractivity (Wildman–Crippen MR) is 100 cm³/mol. The monoisotopic (exact) mass is 363 g/mol. The highest BCUT2D eigenvalue weighted by Crippen LogP contribution is 2.33. The molecule has 2 amide bonds. The van der Waals surface area contributed by atoms with Gasteiger partial charge in [0.15, 0.2) is 5.43 Å². The van der Waals surface area contributed by atoms with Gasteiger partial charge < -0.3 is 4.42 Å². The Bertz CT molecular complexity index is 1100. The van der Waals surface area contributed by atoms with Crippen molar-refractivity contribution >= 4 is 40.0 Å². The topological polar surface area (TPSA) is 67.6 Å². The second kappa shape index (κ2) is 6.65. The fourth-order valence-electron chi connectivity index (χ4n) is 2.74. The summed E-state index contributed by atoms with van der Waals surface area (Å²) in [5.74, 6) is -0.406. The average Bonchev–Trinajstić information content (AvgIpc) is 2.92. The summed E-state index contributed by atoms with van der Waals surface area (Å²) in [5.41, 5.74) is 1.35. The Morgan fingerprint density at radius 2 is 1.69 bits per heavy atom. The van der Waals surface area contributed by atoms with Gasteiger partial charge in [-0.2, -0.15) is 0 Å². The fraction of sp³-hybridized carbons (Fsp3) is 0.0500. The van der Waals surface area contributed by atoms with Crippen LogP contribution in [0.4, 0.5) is 4.79 Å². The molecule has 3 aromatic rings. The van der Waals surface area contributed by atoms with Gasteiger partial charge in [0.05, 0.1) is 22.4 Å². The molecule has 0 N–H and O–H groups in total. The Balaban J connectivity index is 1.66. The lowest BCUT2D eigenvalue weighted by atomic mass is 10.1. The molecular formula is C20H13NO4S. The van der Waals surface area contributed by atoms with Crippen molar-refractivity contribution in [2.24, 2.45) is 0 Å². The molecule has 0 bridgehead atoms. The maximum Gasteiger partial charge on any atom is 0.293 e. The van der Waals surface area contributed by atoms with Gasteiger partial charge in [0.25, 0.3) is 11.1 Å². The van der Waals surface area contributed by atoms with Gasteiger partial charge in [0.2, 0.25) is 0 Å². The zero-order valence-corrected chi connectivity index (χ0v) is 14.4. The van der Waals surface area contributed by atoms with Crippen molar-refractivity contribution in [3.63, 3.8) is 0 Å². The number of benzene rings is 2. The summed E-state index contributed by atoms with van der Waals surface area (Å²) in [6.45, 7) is 0.204. The van der Waals surface area contributed by atoms with E-state index >= 15 is 0 Å². The highest BCUT2D eigenvalue weighted by atomic mass is 32.2. The van der Waals surface area contributed by atoms with Crippen LogP contribution in [0.2, 0.25) is 0 Å². The van der Waals surface area contributed by atoms with E-state index in [2.05, 4.69) is 0 Å². The van der Waals surface area contributed by atoms with Crippen LogP contribution in [0.1, 0.15) is 11.1 Å². The van der Waals surface area contributed by atoms with Crippen LogP contribution in [0.5, 0.6) is 0 Å². The molecule has 26 heavy (non-hydrogen) atoms. The van der Waals surface area contributed by atoms with Gasteiger partial charge in [-0.1, -0.05) is 42.5 Å². The van der Waals surface area contributed by atoms with E-state index in [1.54, 1.807) is 24.3 Å². The second-order valence-electron chi connectivity index (χ2n) is 5.77. The van der Waals surface area contributed by atoms with Crippen LogP contribution in [-0.4, -0.2) is 16.0 Å². The number of amides is 2. The lowest BCUT2D eigenvalue weighted by Crippen LogP contribution is -2.27. The molecule has 0 unspecified atom stereocenters. The van der Waals surface area contributed by atoms with Gasteiger partial charge in [-0.15, -0.1) is 0 Å².